The zero-order valence-corrected chi connectivity index (χ0v) is 10.7. The molecule has 0 aliphatic rings. The van der Waals surface area contributed by atoms with Crippen LogP contribution in [-0.2, 0) is 17.9 Å². The summed E-state index contributed by atoms with van der Waals surface area (Å²) in [5.41, 5.74) is 6.85. The Hall–Kier alpha value is -2.08. The Morgan fingerprint density at radius 1 is 1.32 bits per heavy atom. The number of aliphatic carboxylic acids is 1. The third kappa shape index (κ3) is 2.39. The molecule has 2 rings (SSSR count). The first kappa shape index (κ1) is 13.4. The van der Waals surface area contributed by atoms with Crippen LogP contribution >= 0.6 is 0 Å². The van der Waals surface area contributed by atoms with E-state index >= 15 is 0 Å². The van der Waals surface area contributed by atoms with Crippen molar-refractivity contribution in [3.05, 3.63) is 34.7 Å². The molecule has 1 heterocycles. The van der Waals surface area contributed by atoms with Gasteiger partial charge < -0.3 is 10.8 Å². The first-order valence-electron chi connectivity index (χ1n) is 6.22. The molecule has 6 heteroatoms. The van der Waals surface area contributed by atoms with Crippen LogP contribution in [0.25, 0.3) is 11.0 Å². The van der Waals surface area contributed by atoms with Crippen molar-refractivity contribution in [3.63, 3.8) is 0 Å². The number of carboxylic acid groups (broad SMARTS) is 1. The van der Waals surface area contributed by atoms with E-state index < -0.39 is 12.0 Å². The van der Waals surface area contributed by atoms with Gasteiger partial charge in [0.25, 0.3) is 0 Å². The average Bonchev–Trinajstić information content (AvgIpc) is 2.65. The maximum Gasteiger partial charge on any atom is 0.329 e. The molecule has 2 aromatic rings. The lowest BCUT2D eigenvalue weighted by atomic mass is 10.3. The van der Waals surface area contributed by atoms with Crippen LogP contribution in [0.15, 0.2) is 29.1 Å². The number of para-hydroxylation sites is 2. The lowest BCUT2D eigenvalue weighted by molar-refractivity contribution is -0.138. The number of carboxylic acids is 1. The van der Waals surface area contributed by atoms with Crippen molar-refractivity contribution in [2.24, 2.45) is 5.73 Å². The summed E-state index contributed by atoms with van der Waals surface area (Å²) < 4.78 is 3.09. The number of imidazole rings is 1. The topological polar surface area (TPSA) is 90.3 Å². The summed E-state index contributed by atoms with van der Waals surface area (Å²) in [6.07, 6.45) is 0.832. The van der Waals surface area contributed by atoms with Crippen LogP contribution in [0.4, 0.5) is 0 Å². The smallest absolute Gasteiger partial charge is 0.329 e. The van der Waals surface area contributed by atoms with Gasteiger partial charge in [-0.1, -0.05) is 19.1 Å². The number of nitrogens with zero attached hydrogens (tertiary/aromatic N) is 2. The third-order valence-electron chi connectivity index (χ3n) is 3.07. The van der Waals surface area contributed by atoms with Crippen molar-refractivity contribution < 1.29 is 9.90 Å². The molecule has 6 nitrogen and oxygen atoms in total. The molecule has 0 amide bonds. The molecule has 19 heavy (non-hydrogen) atoms. The molecule has 0 saturated carbocycles. The second kappa shape index (κ2) is 5.27. The zero-order valence-electron chi connectivity index (χ0n) is 10.7. The van der Waals surface area contributed by atoms with Crippen molar-refractivity contribution in [2.45, 2.75) is 32.5 Å². The van der Waals surface area contributed by atoms with Gasteiger partial charge in [-0.25, -0.2) is 4.79 Å². The van der Waals surface area contributed by atoms with Gasteiger partial charge in [0.1, 0.15) is 6.04 Å². The first-order valence-corrected chi connectivity index (χ1v) is 6.22. The maximum atomic E-state index is 12.3. The number of hydrogen-bond donors (Lipinski definition) is 2. The molecule has 0 bridgehead atoms. The van der Waals surface area contributed by atoms with E-state index in [1.807, 2.05) is 25.1 Å². The minimum absolute atomic E-state index is 0.0224. The Labute approximate surface area is 110 Å². The van der Waals surface area contributed by atoms with Gasteiger partial charge in [-0.3, -0.25) is 13.9 Å². The Bertz CT molecular complexity index is 657. The fraction of sp³-hybridized carbons (Fsp3) is 0.385. The van der Waals surface area contributed by atoms with Crippen molar-refractivity contribution in [2.75, 3.05) is 0 Å². The Morgan fingerprint density at radius 2 is 1.89 bits per heavy atom. The van der Waals surface area contributed by atoms with Gasteiger partial charge in [0, 0.05) is 6.54 Å². The second-order valence-corrected chi connectivity index (χ2v) is 4.48. The van der Waals surface area contributed by atoms with E-state index in [2.05, 4.69) is 0 Å². The third-order valence-corrected chi connectivity index (χ3v) is 3.07. The summed E-state index contributed by atoms with van der Waals surface area (Å²) in [7, 11) is 0. The SMILES string of the molecule is CCCn1c(=O)n(CC(N)C(=O)O)c2ccccc21. The van der Waals surface area contributed by atoms with Crippen molar-refractivity contribution >= 4 is 17.0 Å². The van der Waals surface area contributed by atoms with Gasteiger partial charge in [-0.15, -0.1) is 0 Å². The van der Waals surface area contributed by atoms with E-state index in [1.165, 1.54) is 4.57 Å². The predicted molar refractivity (Wildman–Crippen MR) is 72.1 cm³/mol. The van der Waals surface area contributed by atoms with Crippen LogP contribution in [-0.4, -0.2) is 26.3 Å². The molecule has 0 fully saturated rings. The number of nitrogens with two attached hydrogens (primary N) is 1. The maximum absolute atomic E-state index is 12.3. The standard InChI is InChI=1S/C13H17N3O3/c1-2-7-15-10-5-3-4-6-11(10)16(13(15)19)8-9(14)12(17)18/h3-6,9H,2,7-8,14H2,1H3,(H,17,18). The lowest BCUT2D eigenvalue weighted by Gasteiger charge is -2.07. The van der Waals surface area contributed by atoms with Crippen LogP contribution in [0.1, 0.15) is 13.3 Å². The fourth-order valence-corrected chi connectivity index (χ4v) is 2.16. The average molecular weight is 263 g/mol. The first-order chi connectivity index (χ1) is 9.06. The number of benzene rings is 1. The zero-order chi connectivity index (χ0) is 14.0. The largest absolute Gasteiger partial charge is 0.480 e. The molecular formula is C13H17N3O3. The quantitative estimate of drug-likeness (QED) is 0.827. The van der Waals surface area contributed by atoms with Crippen LogP contribution in [0, 0.1) is 0 Å². The summed E-state index contributed by atoms with van der Waals surface area (Å²) in [5.74, 6) is -1.11. The number of aryl methyl sites for hydroxylation is 1. The van der Waals surface area contributed by atoms with E-state index in [-0.39, 0.29) is 12.2 Å². The molecule has 0 aliphatic heterocycles. The lowest BCUT2D eigenvalue weighted by Crippen LogP contribution is -2.38. The molecule has 102 valence electrons. The Morgan fingerprint density at radius 3 is 2.42 bits per heavy atom. The highest BCUT2D eigenvalue weighted by Gasteiger charge is 2.18. The minimum Gasteiger partial charge on any atom is -0.480 e. The summed E-state index contributed by atoms with van der Waals surface area (Å²) in [6, 6.07) is 6.25. The Balaban J connectivity index is 2.57. The van der Waals surface area contributed by atoms with Crippen molar-refractivity contribution in [1.29, 1.82) is 0 Å². The molecule has 1 atom stereocenters. The number of hydrogen-bond acceptors (Lipinski definition) is 3. The summed E-state index contributed by atoms with van der Waals surface area (Å²) in [6.45, 7) is 2.57. The molecule has 3 N–H and O–H groups in total. The highest BCUT2D eigenvalue weighted by molar-refractivity contribution is 5.77. The molecule has 1 aromatic heterocycles. The molecule has 0 spiro atoms. The highest BCUT2D eigenvalue weighted by atomic mass is 16.4. The van der Waals surface area contributed by atoms with Crippen LogP contribution < -0.4 is 11.4 Å². The second-order valence-electron chi connectivity index (χ2n) is 4.48. The van der Waals surface area contributed by atoms with Crippen LogP contribution in [0.2, 0.25) is 0 Å². The fourth-order valence-electron chi connectivity index (χ4n) is 2.16. The Kier molecular flexibility index (Phi) is 3.71. The molecule has 1 aromatic carbocycles. The van der Waals surface area contributed by atoms with Crippen molar-refractivity contribution in [3.8, 4) is 0 Å². The van der Waals surface area contributed by atoms with E-state index in [4.69, 9.17) is 10.8 Å². The monoisotopic (exact) mass is 263 g/mol. The summed E-state index contributed by atoms with van der Waals surface area (Å²) in [5, 5.41) is 8.87. The number of aromatic nitrogens is 2. The van der Waals surface area contributed by atoms with E-state index in [1.54, 1.807) is 10.6 Å². The number of carbonyl (C=O) groups is 1. The molecule has 0 radical (unpaired) electrons. The van der Waals surface area contributed by atoms with Crippen LogP contribution in [0.5, 0.6) is 0 Å². The normalized spacial score (nSPS) is 12.7. The van der Waals surface area contributed by atoms with Gasteiger partial charge in [-0.05, 0) is 18.6 Å². The van der Waals surface area contributed by atoms with E-state index in [0.29, 0.717) is 6.54 Å². The molecular weight excluding hydrogens is 246 g/mol. The molecule has 0 saturated heterocycles. The van der Waals surface area contributed by atoms with Gasteiger partial charge in [0.2, 0.25) is 0 Å². The van der Waals surface area contributed by atoms with Gasteiger partial charge in [0.15, 0.2) is 0 Å². The minimum atomic E-state index is -1.11. The highest BCUT2D eigenvalue weighted by Crippen LogP contribution is 2.13. The van der Waals surface area contributed by atoms with Gasteiger partial charge >= 0.3 is 11.7 Å². The number of fused-ring (bicyclic) bond motifs is 1. The predicted octanol–water partition coefficient (Wildman–Crippen LogP) is 0.625. The van der Waals surface area contributed by atoms with E-state index in [0.717, 1.165) is 17.5 Å². The van der Waals surface area contributed by atoms with Crippen LogP contribution in [0.3, 0.4) is 0 Å². The molecule has 0 aliphatic carbocycles. The summed E-state index contributed by atoms with van der Waals surface area (Å²) >= 11 is 0. The summed E-state index contributed by atoms with van der Waals surface area (Å²) in [4.78, 5) is 23.2. The van der Waals surface area contributed by atoms with E-state index in [9.17, 15) is 9.59 Å². The number of rotatable bonds is 5. The van der Waals surface area contributed by atoms with Gasteiger partial charge in [-0.2, -0.15) is 0 Å². The molecule has 1 unspecified atom stereocenters. The van der Waals surface area contributed by atoms with Crippen molar-refractivity contribution in [1.82, 2.24) is 9.13 Å². The van der Waals surface area contributed by atoms with Gasteiger partial charge in [0.05, 0.1) is 17.6 Å².